The number of nitriles is 1. The first-order valence-corrected chi connectivity index (χ1v) is 6.07. The number of rotatable bonds is 3. The lowest BCUT2D eigenvalue weighted by atomic mass is 9.93. The minimum absolute atomic E-state index is 0.244. The molecule has 18 heavy (non-hydrogen) atoms. The summed E-state index contributed by atoms with van der Waals surface area (Å²) in [6.07, 6.45) is 0.946. The lowest BCUT2D eigenvalue weighted by Gasteiger charge is -2.34. The van der Waals surface area contributed by atoms with Gasteiger partial charge in [0.1, 0.15) is 0 Å². The zero-order chi connectivity index (χ0) is 13.1. The van der Waals surface area contributed by atoms with E-state index in [4.69, 9.17) is 14.7 Å². The number of methoxy groups -OCH3 is 2. The first-order valence-electron chi connectivity index (χ1n) is 6.07. The summed E-state index contributed by atoms with van der Waals surface area (Å²) in [6, 6.07) is 6.54. The molecule has 0 fully saturated rings. The van der Waals surface area contributed by atoms with E-state index in [-0.39, 0.29) is 6.04 Å². The second kappa shape index (κ2) is 5.28. The van der Waals surface area contributed by atoms with Crippen molar-refractivity contribution in [2.75, 3.05) is 27.3 Å². The summed E-state index contributed by atoms with van der Waals surface area (Å²) in [4.78, 5) is 2.17. The lowest BCUT2D eigenvalue weighted by Crippen LogP contribution is -2.34. The molecule has 4 heteroatoms. The van der Waals surface area contributed by atoms with Crippen LogP contribution >= 0.6 is 0 Å². The third kappa shape index (κ3) is 2.14. The molecule has 0 unspecified atom stereocenters. The molecule has 0 saturated carbocycles. The summed E-state index contributed by atoms with van der Waals surface area (Å²) in [5, 5.41) is 8.83. The monoisotopic (exact) mass is 246 g/mol. The average molecular weight is 246 g/mol. The first-order chi connectivity index (χ1) is 8.71. The van der Waals surface area contributed by atoms with E-state index in [9.17, 15) is 0 Å². The highest BCUT2D eigenvalue weighted by molar-refractivity contribution is 5.49. The Morgan fingerprint density at radius 2 is 2.00 bits per heavy atom. The first kappa shape index (κ1) is 12.7. The van der Waals surface area contributed by atoms with Gasteiger partial charge in [-0.3, -0.25) is 4.90 Å². The Morgan fingerprint density at radius 3 is 2.61 bits per heavy atom. The fourth-order valence-electron chi connectivity index (χ4n) is 2.50. The Labute approximate surface area is 108 Å². The van der Waals surface area contributed by atoms with E-state index < -0.39 is 0 Å². The largest absolute Gasteiger partial charge is 0.493 e. The van der Waals surface area contributed by atoms with Gasteiger partial charge in [0.2, 0.25) is 0 Å². The number of benzene rings is 1. The van der Waals surface area contributed by atoms with Crippen molar-refractivity contribution < 1.29 is 9.47 Å². The molecule has 1 heterocycles. The maximum absolute atomic E-state index is 8.83. The van der Waals surface area contributed by atoms with E-state index in [0.717, 1.165) is 24.5 Å². The number of hydrogen-bond acceptors (Lipinski definition) is 4. The molecule has 2 rings (SSSR count). The maximum Gasteiger partial charge on any atom is 0.161 e. The van der Waals surface area contributed by atoms with Crippen LogP contribution in [0.2, 0.25) is 0 Å². The number of nitrogens with zero attached hydrogens (tertiary/aromatic N) is 2. The van der Waals surface area contributed by atoms with E-state index in [1.54, 1.807) is 14.2 Å². The predicted octanol–water partition coefficient (Wildman–Crippen LogP) is 2.15. The van der Waals surface area contributed by atoms with E-state index in [1.807, 2.05) is 12.1 Å². The average Bonchev–Trinajstić information content (AvgIpc) is 2.41. The van der Waals surface area contributed by atoms with Crippen LogP contribution in [-0.4, -0.2) is 32.2 Å². The van der Waals surface area contributed by atoms with E-state index in [0.29, 0.717) is 6.54 Å². The van der Waals surface area contributed by atoms with Crippen LogP contribution in [0, 0.1) is 11.3 Å². The number of fused-ring (bicyclic) bond motifs is 1. The second-order valence-corrected chi connectivity index (χ2v) is 4.46. The summed E-state index contributed by atoms with van der Waals surface area (Å²) >= 11 is 0. The Bertz CT molecular complexity index is 479. The predicted molar refractivity (Wildman–Crippen MR) is 68.9 cm³/mol. The number of hydrogen-bond donors (Lipinski definition) is 0. The molecule has 0 radical (unpaired) electrons. The molecule has 0 N–H and O–H groups in total. The fraction of sp³-hybridized carbons (Fsp3) is 0.500. The third-order valence-corrected chi connectivity index (χ3v) is 3.59. The van der Waals surface area contributed by atoms with Crippen molar-refractivity contribution in [2.24, 2.45) is 0 Å². The minimum Gasteiger partial charge on any atom is -0.493 e. The Hall–Kier alpha value is -1.73. The summed E-state index contributed by atoms with van der Waals surface area (Å²) < 4.78 is 10.7. The van der Waals surface area contributed by atoms with Crippen molar-refractivity contribution in [3.8, 4) is 17.6 Å². The van der Waals surface area contributed by atoms with Gasteiger partial charge >= 0.3 is 0 Å². The Morgan fingerprint density at radius 1 is 1.33 bits per heavy atom. The van der Waals surface area contributed by atoms with E-state index >= 15 is 0 Å². The SMILES string of the molecule is COc1cc2c(cc1OC)[C@@H](C)N(CC#N)CC2. The third-order valence-electron chi connectivity index (χ3n) is 3.59. The van der Waals surface area contributed by atoms with Crippen molar-refractivity contribution in [2.45, 2.75) is 19.4 Å². The quantitative estimate of drug-likeness (QED) is 0.767. The molecule has 0 spiro atoms. The lowest BCUT2D eigenvalue weighted by molar-refractivity contribution is 0.222. The molecule has 4 nitrogen and oxygen atoms in total. The molecule has 0 amide bonds. The fourth-order valence-corrected chi connectivity index (χ4v) is 2.50. The minimum atomic E-state index is 0.244. The topological polar surface area (TPSA) is 45.5 Å². The van der Waals surface area contributed by atoms with Gasteiger partial charge in [0.25, 0.3) is 0 Å². The van der Waals surface area contributed by atoms with Gasteiger partial charge in [-0.25, -0.2) is 0 Å². The Kier molecular flexibility index (Phi) is 3.73. The van der Waals surface area contributed by atoms with E-state index in [2.05, 4.69) is 17.9 Å². The molecular weight excluding hydrogens is 228 g/mol. The van der Waals surface area contributed by atoms with Crippen LogP contribution in [-0.2, 0) is 6.42 Å². The normalized spacial score (nSPS) is 18.9. The Balaban J connectivity index is 2.39. The van der Waals surface area contributed by atoms with Crippen LogP contribution in [0.5, 0.6) is 11.5 Å². The molecule has 0 aliphatic carbocycles. The van der Waals surface area contributed by atoms with Gasteiger partial charge in [-0.2, -0.15) is 5.26 Å². The summed E-state index contributed by atoms with van der Waals surface area (Å²) in [6.45, 7) is 3.51. The standard InChI is InChI=1S/C14H18N2O2/c1-10-12-9-14(18-3)13(17-2)8-11(12)4-6-16(10)7-5-15/h8-10H,4,6-7H2,1-3H3/t10-/m1/s1. The van der Waals surface area contributed by atoms with Crippen molar-refractivity contribution in [1.82, 2.24) is 4.90 Å². The van der Waals surface area contributed by atoms with Crippen LogP contribution in [0.4, 0.5) is 0 Å². The second-order valence-electron chi connectivity index (χ2n) is 4.46. The van der Waals surface area contributed by atoms with Crippen molar-refractivity contribution in [3.63, 3.8) is 0 Å². The van der Waals surface area contributed by atoms with Crippen molar-refractivity contribution >= 4 is 0 Å². The highest BCUT2D eigenvalue weighted by Gasteiger charge is 2.25. The van der Waals surface area contributed by atoms with Gasteiger partial charge in [0.15, 0.2) is 11.5 Å². The molecule has 96 valence electrons. The van der Waals surface area contributed by atoms with Crippen LogP contribution in [0.15, 0.2) is 12.1 Å². The van der Waals surface area contributed by atoms with Crippen LogP contribution < -0.4 is 9.47 Å². The van der Waals surface area contributed by atoms with Crippen LogP contribution in [0.25, 0.3) is 0 Å². The van der Waals surface area contributed by atoms with Gasteiger partial charge in [-0.15, -0.1) is 0 Å². The molecule has 0 aromatic heterocycles. The molecule has 1 aromatic rings. The van der Waals surface area contributed by atoms with Crippen LogP contribution in [0.1, 0.15) is 24.1 Å². The zero-order valence-electron chi connectivity index (χ0n) is 11.1. The molecule has 0 bridgehead atoms. The van der Waals surface area contributed by atoms with E-state index in [1.165, 1.54) is 11.1 Å². The van der Waals surface area contributed by atoms with Crippen LogP contribution in [0.3, 0.4) is 0 Å². The molecule has 1 aliphatic rings. The molecule has 1 aliphatic heterocycles. The molecular formula is C14H18N2O2. The van der Waals surface area contributed by atoms with Crippen molar-refractivity contribution in [1.29, 1.82) is 5.26 Å². The summed E-state index contributed by atoms with van der Waals surface area (Å²) in [7, 11) is 3.29. The van der Waals surface area contributed by atoms with Gasteiger partial charge in [-0.05, 0) is 36.6 Å². The smallest absolute Gasteiger partial charge is 0.161 e. The van der Waals surface area contributed by atoms with Crippen molar-refractivity contribution in [3.05, 3.63) is 23.3 Å². The number of ether oxygens (including phenoxy) is 2. The van der Waals surface area contributed by atoms with Gasteiger partial charge in [0, 0.05) is 12.6 Å². The van der Waals surface area contributed by atoms with Gasteiger partial charge < -0.3 is 9.47 Å². The molecule has 1 atom stereocenters. The summed E-state index contributed by atoms with van der Waals surface area (Å²) in [5.74, 6) is 1.53. The maximum atomic E-state index is 8.83. The highest BCUT2D eigenvalue weighted by atomic mass is 16.5. The molecule has 1 aromatic carbocycles. The molecule has 0 saturated heterocycles. The van der Waals surface area contributed by atoms with Gasteiger partial charge in [-0.1, -0.05) is 0 Å². The summed E-state index contributed by atoms with van der Waals surface area (Å²) in [5.41, 5.74) is 2.52. The zero-order valence-corrected chi connectivity index (χ0v) is 11.1. The van der Waals surface area contributed by atoms with Gasteiger partial charge in [0.05, 0.1) is 26.8 Å². The highest BCUT2D eigenvalue weighted by Crippen LogP contribution is 2.37.